The number of aryl methyl sites for hydroxylation is 2. The van der Waals surface area contributed by atoms with E-state index < -0.39 is 17.4 Å². The number of aliphatic carboxylic acids is 1. The van der Waals surface area contributed by atoms with Gasteiger partial charge >= 0.3 is 5.97 Å². The Bertz CT molecular complexity index is 1460. The fourth-order valence-corrected chi connectivity index (χ4v) is 4.82. The van der Waals surface area contributed by atoms with Gasteiger partial charge in [-0.15, -0.1) is 11.3 Å². The predicted molar refractivity (Wildman–Crippen MR) is 138 cm³/mol. The van der Waals surface area contributed by atoms with Gasteiger partial charge in [-0.1, -0.05) is 18.2 Å². The van der Waals surface area contributed by atoms with Gasteiger partial charge in [-0.3, -0.25) is 4.79 Å². The van der Waals surface area contributed by atoms with Crippen LogP contribution in [0.15, 0.2) is 60.7 Å². The first-order chi connectivity index (χ1) is 17.0. The molecule has 0 aliphatic heterocycles. The van der Waals surface area contributed by atoms with E-state index in [-0.39, 0.29) is 18.2 Å². The number of carbonyl (C=O) groups is 2. The summed E-state index contributed by atoms with van der Waals surface area (Å²) in [5, 5.41) is 13.2. The van der Waals surface area contributed by atoms with Gasteiger partial charge < -0.3 is 19.9 Å². The number of rotatable bonds is 8. The molecule has 1 aromatic heterocycles. The summed E-state index contributed by atoms with van der Waals surface area (Å²) >= 11 is 1.43. The van der Waals surface area contributed by atoms with Crippen LogP contribution in [0.4, 0.5) is 4.39 Å². The summed E-state index contributed by atoms with van der Waals surface area (Å²) in [7, 11) is 0. The van der Waals surface area contributed by atoms with Crippen molar-refractivity contribution in [2.45, 2.75) is 39.8 Å². The molecule has 36 heavy (non-hydrogen) atoms. The van der Waals surface area contributed by atoms with Crippen LogP contribution in [0, 0.1) is 19.7 Å². The summed E-state index contributed by atoms with van der Waals surface area (Å²) in [4.78, 5) is 24.8. The van der Waals surface area contributed by atoms with E-state index in [9.17, 15) is 19.1 Å². The van der Waals surface area contributed by atoms with Gasteiger partial charge in [0.05, 0.1) is 4.88 Å². The predicted octanol–water partition coefficient (Wildman–Crippen LogP) is 6.62. The first-order valence-corrected chi connectivity index (χ1v) is 12.1. The van der Waals surface area contributed by atoms with Crippen LogP contribution in [-0.4, -0.2) is 22.6 Å². The van der Waals surface area contributed by atoms with Crippen molar-refractivity contribution in [2.75, 3.05) is 0 Å². The number of hydrogen-bond acceptors (Lipinski definition) is 5. The standard InChI is InChI=1S/C28H26FNO5S/c1-16-11-20(9-10-23(16)35-28(3,4)27(32)33)34-21-13-18(12-19(29)14-21)15-30-26(31)25-17(2)22-7-5-6-8-24(22)36-25/h5-14H,15H2,1-4H3,(H,30,31)(H,32,33). The minimum Gasteiger partial charge on any atom is -0.478 e. The molecule has 0 radical (unpaired) electrons. The smallest absolute Gasteiger partial charge is 0.347 e. The Morgan fingerprint density at radius 3 is 2.47 bits per heavy atom. The largest absolute Gasteiger partial charge is 0.478 e. The third-order valence-corrected chi connectivity index (χ3v) is 6.97. The fourth-order valence-electron chi connectivity index (χ4n) is 3.69. The molecule has 1 amide bonds. The highest BCUT2D eigenvalue weighted by Gasteiger charge is 2.30. The van der Waals surface area contributed by atoms with Crippen LogP contribution in [0.3, 0.4) is 0 Å². The number of fused-ring (bicyclic) bond motifs is 1. The van der Waals surface area contributed by atoms with Crippen molar-refractivity contribution in [1.29, 1.82) is 0 Å². The first-order valence-electron chi connectivity index (χ1n) is 11.3. The van der Waals surface area contributed by atoms with Crippen LogP contribution in [0.2, 0.25) is 0 Å². The van der Waals surface area contributed by atoms with Crippen LogP contribution in [0.5, 0.6) is 17.2 Å². The maximum Gasteiger partial charge on any atom is 0.347 e. The van der Waals surface area contributed by atoms with E-state index in [4.69, 9.17) is 9.47 Å². The van der Waals surface area contributed by atoms with E-state index in [0.29, 0.717) is 27.5 Å². The quantitative estimate of drug-likeness (QED) is 0.280. The van der Waals surface area contributed by atoms with Crippen LogP contribution < -0.4 is 14.8 Å². The number of carboxylic acid groups (broad SMARTS) is 1. The second-order valence-electron chi connectivity index (χ2n) is 8.98. The Hall–Kier alpha value is -3.91. The van der Waals surface area contributed by atoms with Crippen molar-refractivity contribution in [1.82, 2.24) is 5.32 Å². The van der Waals surface area contributed by atoms with E-state index in [0.717, 1.165) is 15.6 Å². The Morgan fingerprint density at radius 2 is 1.78 bits per heavy atom. The molecule has 0 spiro atoms. The zero-order valence-corrected chi connectivity index (χ0v) is 21.2. The van der Waals surface area contributed by atoms with Gasteiger partial charge in [0.2, 0.25) is 0 Å². The minimum atomic E-state index is -1.39. The summed E-state index contributed by atoms with van der Waals surface area (Å²) in [5.74, 6) is -0.658. The van der Waals surface area contributed by atoms with Crippen LogP contribution in [0.25, 0.3) is 10.1 Å². The van der Waals surface area contributed by atoms with E-state index >= 15 is 0 Å². The van der Waals surface area contributed by atoms with Crippen LogP contribution in [0.1, 0.15) is 40.2 Å². The maximum absolute atomic E-state index is 14.3. The normalized spacial score (nSPS) is 11.4. The second kappa shape index (κ2) is 9.99. The lowest BCUT2D eigenvalue weighted by atomic mass is 10.1. The highest BCUT2D eigenvalue weighted by Crippen LogP contribution is 2.32. The average Bonchev–Trinajstić information content (AvgIpc) is 3.15. The van der Waals surface area contributed by atoms with E-state index in [1.807, 2.05) is 31.2 Å². The van der Waals surface area contributed by atoms with Crippen molar-refractivity contribution in [3.8, 4) is 17.2 Å². The van der Waals surface area contributed by atoms with Crippen molar-refractivity contribution >= 4 is 33.3 Å². The van der Waals surface area contributed by atoms with Crippen molar-refractivity contribution in [3.63, 3.8) is 0 Å². The molecule has 0 saturated heterocycles. The molecule has 2 N–H and O–H groups in total. The number of ether oxygens (including phenoxy) is 2. The number of nitrogens with one attached hydrogen (secondary N) is 1. The molecule has 0 saturated carbocycles. The fraction of sp³-hybridized carbons (Fsp3) is 0.214. The topological polar surface area (TPSA) is 84.9 Å². The van der Waals surface area contributed by atoms with Crippen molar-refractivity contribution in [2.24, 2.45) is 0 Å². The summed E-state index contributed by atoms with van der Waals surface area (Å²) < 4.78 is 26.8. The van der Waals surface area contributed by atoms with E-state index in [2.05, 4.69) is 5.32 Å². The molecule has 3 aromatic carbocycles. The summed E-state index contributed by atoms with van der Waals surface area (Å²) in [6, 6.07) is 17.0. The van der Waals surface area contributed by atoms with Crippen LogP contribution >= 0.6 is 11.3 Å². The lowest BCUT2D eigenvalue weighted by Gasteiger charge is -2.23. The van der Waals surface area contributed by atoms with Gasteiger partial charge in [-0.25, -0.2) is 9.18 Å². The molecule has 0 fully saturated rings. The van der Waals surface area contributed by atoms with E-state index in [1.165, 1.54) is 37.3 Å². The van der Waals surface area contributed by atoms with Gasteiger partial charge in [0, 0.05) is 17.3 Å². The molecule has 4 aromatic rings. The van der Waals surface area contributed by atoms with Gasteiger partial charge in [-0.05, 0) is 86.2 Å². The minimum absolute atomic E-state index is 0.136. The lowest BCUT2D eigenvalue weighted by molar-refractivity contribution is -0.152. The SMILES string of the molecule is Cc1cc(Oc2cc(F)cc(CNC(=O)c3sc4ccccc4c3C)c2)ccc1OC(C)(C)C(=O)O. The molecule has 0 aliphatic rings. The number of carbonyl (C=O) groups excluding carboxylic acids is 1. The molecular weight excluding hydrogens is 481 g/mol. The van der Waals surface area contributed by atoms with Gasteiger partial charge in [0.25, 0.3) is 5.91 Å². The highest BCUT2D eigenvalue weighted by molar-refractivity contribution is 7.21. The first kappa shape index (κ1) is 25.2. The van der Waals surface area contributed by atoms with Gasteiger partial charge in [-0.2, -0.15) is 0 Å². The third-order valence-electron chi connectivity index (χ3n) is 5.70. The van der Waals surface area contributed by atoms with Gasteiger partial charge in [0.1, 0.15) is 23.1 Å². The van der Waals surface area contributed by atoms with Crippen LogP contribution in [-0.2, 0) is 11.3 Å². The highest BCUT2D eigenvalue weighted by atomic mass is 32.1. The Morgan fingerprint density at radius 1 is 1.03 bits per heavy atom. The molecule has 6 nitrogen and oxygen atoms in total. The zero-order chi connectivity index (χ0) is 26.0. The molecule has 0 atom stereocenters. The molecule has 1 heterocycles. The summed E-state index contributed by atoms with van der Waals surface area (Å²) in [5.41, 5.74) is 0.760. The number of thiophene rings is 1. The second-order valence-corrected chi connectivity index (χ2v) is 10.0. The summed E-state index contributed by atoms with van der Waals surface area (Å²) in [6.07, 6.45) is 0. The third kappa shape index (κ3) is 5.49. The molecule has 186 valence electrons. The molecular formula is C28H26FNO5S. The molecule has 4 rings (SSSR count). The Labute approximate surface area is 212 Å². The molecule has 0 aliphatic carbocycles. The van der Waals surface area contributed by atoms with Gasteiger partial charge in [0.15, 0.2) is 5.60 Å². The number of halogens is 1. The zero-order valence-electron chi connectivity index (χ0n) is 20.3. The van der Waals surface area contributed by atoms with Crippen molar-refractivity contribution < 1.29 is 28.6 Å². The number of carboxylic acids is 1. The average molecular weight is 508 g/mol. The Kier molecular flexibility index (Phi) is 6.99. The lowest BCUT2D eigenvalue weighted by Crippen LogP contribution is -2.38. The monoisotopic (exact) mass is 507 g/mol. The molecule has 0 unspecified atom stereocenters. The van der Waals surface area contributed by atoms with E-state index in [1.54, 1.807) is 31.2 Å². The number of amides is 1. The molecule has 0 bridgehead atoms. The summed E-state index contributed by atoms with van der Waals surface area (Å²) in [6.45, 7) is 6.75. The van der Waals surface area contributed by atoms with Crippen molar-refractivity contribution in [3.05, 3.63) is 88.0 Å². The molecule has 8 heteroatoms. The Balaban J connectivity index is 1.46. The number of hydrogen-bond donors (Lipinski definition) is 2. The number of benzene rings is 3. The maximum atomic E-state index is 14.3.